The van der Waals surface area contributed by atoms with E-state index in [1.54, 1.807) is 24.4 Å². The summed E-state index contributed by atoms with van der Waals surface area (Å²) in [6, 6.07) is 19.0. The third-order valence-electron chi connectivity index (χ3n) is 5.20. The maximum Gasteiger partial charge on any atom is 0.307 e. The van der Waals surface area contributed by atoms with Gasteiger partial charge in [-0.15, -0.1) is 6.58 Å². The van der Waals surface area contributed by atoms with E-state index in [9.17, 15) is 4.79 Å². The number of nitrogens with zero attached hydrogens (tertiary/aromatic N) is 1. The van der Waals surface area contributed by atoms with Crippen LogP contribution in [0.2, 0.25) is 0 Å². The fourth-order valence-electron chi connectivity index (χ4n) is 3.57. The molecule has 0 spiro atoms. The first kappa shape index (κ1) is 25.7. The smallest absolute Gasteiger partial charge is 0.307 e. The van der Waals surface area contributed by atoms with Gasteiger partial charge in [0.25, 0.3) is 0 Å². The first-order chi connectivity index (χ1) is 17.5. The Morgan fingerprint density at radius 2 is 1.83 bits per heavy atom. The lowest BCUT2D eigenvalue weighted by Crippen LogP contribution is -2.16. The number of halogens is 2. The van der Waals surface area contributed by atoms with Crippen LogP contribution in [0.3, 0.4) is 0 Å². The minimum atomic E-state index is -0.440. The number of rotatable bonds is 10. The topological polar surface area (TPSA) is 73.1 Å². The van der Waals surface area contributed by atoms with E-state index in [2.05, 4.69) is 49.0 Å². The molecule has 0 aliphatic rings. The fourth-order valence-corrected chi connectivity index (χ4v) is 4.22. The van der Waals surface area contributed by atoms with Crippen LogP contribution in [-0.4, -0.2) is 18.7 Å². The average Bonchev–Trinajstić information content (AvgIpc) is 3.28. The monoisotopic (exact) mass is 610 g/mol. The molecule has 184 valence electrons. The molecule has 0 saturated carbocycles. The van der Waals surface area contributed by atoms with Gasteiger partial charge in [-0.3, -0.25) is 4.79 Å². The van der Waals surface area contributed by atoms with Crippen LogP contribution in [0.1, 0.15) is 34.2 Å². The summed E-state index contributed by atoms with van der Waals surface area (Å²) in [6.07, 6.45) is 3.95. The molecule has 0 bridgehead atoms. The number of nitrogens with one attached hydrogen (secondary N) is 1. The van der Waals surface area contributed by atoms with E-state index in [0.717, 1.165) is 31.0 Å². The normalized spacial score (nSPS) is 11.1. The molecule has 0 saturated heterocycles. The Bertz CT molecular complexity index is 1410. The van der Waals surface area contributed by atoms with Crippen LogP contribution in [-0.2, 0) is 13.0 Å². The number of allylic oxidation sites excluding steroid dienone is 1. The number of hydrazone groups is 1. The number of carbonyl (C=O) groups excluding carboxylic acids is 1. The predicted molar refractivity (Wildman–Crippen MR) is 149 cm³/mol. The second kappa shape index (κ2) is 12.1. The second-order valence-electron chi connectivity index (χ2n) is 7.84. The highest BCUT2D eigenvalue weighted by Crippen LogP contribution is 2.34. The summed E-state index contributed by atoms with van der Waals surface area (Å²) in [5.74, 6) is 1.00. The van der Waals surface area contributed by atoms with Gasteiger partial charge in [-0.25, -0.2) is 5.43 Å². The van der Waals surface area contributed by atoms with Gasteiger partial charge in [0.15, 0.2) is 17.3 Å². The van der Waals surface area contributed by atoms with Crippen molar-refractivity contribution in [1.82, 2.24) is 5.43 Å². The highest BCUT2D eigenvalue weighted by Gasteiger charge is 2.14. The molecule has 1 aromatic heterocycles. The van der Waals surface area contributed by atoms with Crippen molar-refractivity contribution < 1.29 is 18.7 Å². The van der Waals surface area contributed by atoms with Crippen LogP contribution in [0, 0.1) is 0 Å². The van der Waals surface area contributed by atoms with E-state index in [1.807, 2.05) is 55.5 Å². The molecule has 36 heavy (non-hydrogen) atoms. The van der Waals surface area contributed by atoms with Crippen molar-refractivity contribution in [3.8, 4) is 11.5 Å². The molecule has 0 unspecified atom stereocenters. The summed E-state index contributed by atoms with van der Waals surface area (Å²) < 4.78 is 19.6. The van der Waals surface area contributed by atoms with Crippen molar-refractivity contribution in [3.63, 3.8) is 0 Å². The van der Waals surface area contributed by atoms with E-state index in [-0.39, 0.29) is 5.76 Å². The number of hydrogen-bond acceptors (Lipinski definition) is 5. The quantitative estimate of drug-likeness (QED) is 0.115. The van der Waals surface area contributed by atoms with E-state index >= 15 is 0 Å². The van der Waals surface area contributed by atoms with Gasteiger partial charge < -0.3 is 13.9 Å². The molecule has 4 aromatic rings. The Morgan fingerprint density at radius 1 is 1.06 bits per heavy atom. The van der Waals surface area contributed by atoms with Gasteiger partial charge >= 0.3 is 5.91 Å². The van der Waals surface area contributed by atoms with Gasteiger partial charge in [-0.2, -0.15) is 5.10 Å². The first-order valence-corrected chi connectivity index (χ1v) is 12.9. The van der Waals surface area contributed by atoms with Crippen molar-refractivity contribution in [2.45, 2.75) is 20.0 Å². The van der Waals surface area contributed by atoms with Crippen LogP contribution >= 0.6 is 31.9 Å². The lowest BCUT2D eigenvalue weighted by atomic mass is 10.1. The van der Waals surface area contributed by atoms with Gasteiger partial charge in [-0.05, 0) is 73.0 Å². The zero-order valence-electron chi connectivity index (χ0n) is 19.6. The van der Waals surface area contributed by atoms with Crippen molar-refractivity contribution in [2.24, 2.45) is 5.10 Å². The zero-order valence-corrected chi connectivity index (χ0v) is 22.8. The number of hydrogen-bond donors (Lipinski definition) is 1. The summed E-state index contributed by atoms with van der Waals surface area (Å²) in [4.78, 5) is 12.5. The summed E-state index contributed by atoms with van der Waals surface area (Å²) in [6.45, 7) is 6.65. The van der Waals surface area contributed by atoms with E-state index in [1.165, 1.54) is 0 Å². The highest BCUT2D eigenvalue weighted by atomic mass is 79.9. The SMILES string of the molecule is C=CCc1cc(/C=N/NC(=O)c2cc3cc(Br)ccc3o2)cc(OCC)c1OCc1ccc(Br)cc1. The second-order valence-corrected chi connectivity index (χ2v) is 9.67. The summed E-state index contributed by atoms with van der Waals surface area (Å²) in [5.41, 5.74) is 5.84. The minimum Gasteiger partial charge on any atom is -0.490 e. The number of carbonyl (C=O) groups is 1. The number of fused-ring (bicyclic) bond motifs is 1. The Morgan fingerprint density at radius 3 is 2.58 bits per heavy atom. The van der Waals surface area contributed by atoms with Gasteiger partial charge in [-0.1, -0.05) is 50.1 Å². The largest absolute Gasteiger partial charge is 0.490 e. The standard InChI is InChI=1S/C28H24Br2N2O4/c1-3-5-20-12-19(13-25(34-4-2)27(20)35-17-18-6-8-22(29)9-7-18)16-31-32-28(33)26-15-21-14-23(30)10-11-24(21)36-26/h3,6-16H,1,4-5,17H2,2H3,(H,32,33)/b31-16+. The Hall–Kier alpha value is -3.36. The van der Waals surface area contributed by atoms with Gasteiger partial charge in [0.05, 0.1) is 12.8 Å². The number of ether oxygens (including phenoxy) is 2. The molecule has 4 rings (SSSR count). The Balaban J connectivity index is 1.52. The molecule has 6 nitrogen and oxygen atoms in total. The van der Waals surface area contributed by atoms with Crippen LogP contribution < -0.4 is 14.9 Å². The maximum atomic E-state index is 12.5. The van der Waals surface area contributed by atoms with Crippen LogP contribution in [0.4, 0.5) is 0 Å². The molecular weight excluding hydrogens is 588 g/mol. The lowest BCUT2D eigenvalue weighted by Gasteiger charge is -2.17. The number of benzene rings is 3. The van der Waals surface area contributed by atoms with Crippen molar-refractivity contribution in [1.29, 1.82) is 0 Å². The van der Waals surface area contributed by atoms with E-state index < -0.39 is 5.91 Å². The fraction of sp³-hybridized carbons (Fsp3) is 0.143. The van der Waals surface area contributed by atoms with E-state index in [0.29, 0.717) is 36.7 Å². The molecule has 3 aromatic carbocycles. The molecule has 1 heterocycles. The molecule has 0 radical (unpaired) electrons. The van der Waals surface area contributed by atoms with E-state index in [4.69, 9.17) is 13.9 Å². The third-order valence-corrected chi connectivity index (χ3v) is 6.22. The number of amides is 1. The van der Waals surface area contributed by atoms with Crippen molar-refractivity contribution in [3.05, 3.63) is 105 Å². The Kier molecular flexibility index (Phi) is 8.61. The van der Waals surface area contributed by atoms with Crippen LogP contribution in [0.5, 0.6) is 11.5 Å². The van der Waals surface area contributed by atoms with Gasteiger partial charge in [0.1, 0.15) is 12.2 Å². The molecular formula is C28H24Br2N2O4. The maximum absolute atomic E-state index is 12.5. The highest BCUT2D eigenvalue weighted by molar-refractivity contribution is 9.10. The Labute approximate surface area is 226 Å². The summed E-state index contributed by atoms with van der Waals surface area (Å²) >= 11 is 6.87. The number of furan rings is 1. The minimum absolute atomic E-state index is 0.180. The molecule has 0 atom stereocenters. The van der Waals surface area contributed by atoms with Crippen LogP contribution in [0.25, 0.3) is 11.0 Å². The average molecular weight is 612 g/mol. The molecule has 1 amide bonds. The van der Waals surface area contributed by atoms with Gasteiger partial charge in [0, 0.05) is 19.9 Å². The molecule has 1 N–H and O–H groups in total. The predicted octanol–water partition coefficient (Wildman–Crippen LogP) is 7.43. The lowest BCUT2D eigenvalue weighted by molar-refractivity contribution is 0.0929. The molecule has 8 heteroatoms. The van der Waals surface area contributed by atoms with Crippen molar-refractivity contribution in [2.75, 3.05) is 6.61 Å². The third kappa shape index (κ3) is 6.44. The molecule has 0 aliphatic heterocycles. The zero-order chi connectivity index (χ0) is 25.5. The van der Waals surface area contributed by atoms with Gasteiger partial charge in [0.2, 0.25) is 0 Å². The summed E-state index contributed by atoms with van der Waals surface area (Å²) in [7, 11) is 0. The molecule has 0 fully saturated rings. The first-order valence-electron chi connectivity index (χ1n) is 11.3. The summed E-state index contributed by atoms with van der Waals surface area (Å²) in [5, 5.41) is 4.95. The van der Waals surface area contributed by atoms with Crippen LogP contribution in [0.15, 0.2) is 91.8 Å². The molecule has 0 aliphatic carbocycles. The van der Waals surface area contributed by atoms with Crippen molar-refractivity contribution >= 4 is 55.0 Å².